The lowest BCUT2D eigenvalue weighted by atomic mass is 10.1. The molecule has 0 unspecified atom stereocenters. The molecular weight excluding hydrogens is 272 g/mol. The van der Waals surface area contributed by atoms with Gasteiger partial charge in [0.15, 0.2) is 6.61 Å². The zero-order chi connectivity index (χ0) is 14.4. The molecule has 0 atom stereocenters. The summed E-state index contributed by atoms with van der Waals surface area (Å²) in [5.74, 6) is -0.225. The molecule has 0 spiro atoms. The summed E-state index contributed by atoms with van der Waals surface area (Å²) in [7, 11) is 0. The van der Waals surface area contributed by atoms with Crippen LogP contribution in [0.2, 0.25) is 0 Å². The van der Waals surface area contributed by atoms with Crippen LogP contribution in [0.25, 0.3) is 0 Å². The molecule has 1 aromatic carbocycles. The molecule has 0 saturated heterocycles. The molecule has 5 heteroatoms. The van der Waals surface area contributed by atoms with Gasteiger partial charge in [0, 0.05) is 10.6 Å². The zero-order valence-electron chi connectivity index (χ0n) is 11.4. The van der Waals surface area contributed by atoms with Crippen LogP contribution in [0.3, 0.4) is 0 Å². The predicted octanol–water partition coefficient (Wildman–Crippen LogP) is 3.35. The average Bonchev–Trinajstić information content (AvgIpc) is 2.92. The molecule has 0 radical (unpaired) electrons. The van der Waals surface area contributed by atoms with E-state index in [-0.39, 0.29) is 12.5 Å². The quantitative estimate of drug-likeness (QED) is 0.677. The van der Waals surface area contributed by atoms with Crippen molar-refractivity contribution in [3.05, 3.63) is 51.7 Å². The van der Waals surface area contributed by atoms with E-state index >= 15 is 0 Å². The largest absolute Gasteiger partial charge is 0.386 e. The summed E-state index contributed by atoms with van der Waals surface area (Å²) >= 11 is 1.56. The monoisotopic (exact) mass is 288 g/mol. The summed E-state index contributed by atoms with van der Waals surface area (Å²) in [6.45, 7) is 3.94. The normalized spacial score (nSPS) is 10.7. The second kappa shape index (κ2) is 6.86. The summed E-state index contributed by atoms with van der Waals surface area (Å²) in [4.78, 5) is 17.6. The fraction of sp³-hybridized carbons (Fsp3) is 0.200. The fourth-order valence-corrected chi connectivity index (χ4v) is 2.14. The second-order valence-corrected chi connectivity index (χ2v) is 5.35. The number of nitrogens with zero attached hydrogens (tertiary/aromatic N) is 1. The summed E-state index contributed by atoms with van der Waals surface area (Å²) in [6, 6.07) is 9.63. The minimum atomic E-state index is -0.225. The highest BCUT2D eigenvalue weighted by molar-refractivity contribution is 7.11. The number of aryl methyl sites for hydroxylation is 2. The van der Waals surface area contributed by atoms with Gasteiger partial charge >= 0.3 is 0 Å². The average molecular weight is 288 g/mol. The number of carbonyl (C=O) groups excluding carboxylic acids is 1. The van der Waals surface area contributed by atoms with E-state index < -0.39 is 0 Å². The molecule has 4 nitrogen and oxygen atoms in total. The predicted molar refractivity (Wildman–Crippen MR) is 82.4 cm³/mol. The second-order valence-electron chi connectivity index (χ2n) is 4.37. The molecule has 0 aliphatic rings. The van der Waals surface area contributed by atoms with Crippen LogP contribution in [0.15, 0.2) is 40.9 Å². The minimum absolute atomic E-state index is 0.102. The Morgan fingerprint density at radius 2 is 2.20 bits per heavy atom. The zero-order valence-corrected chi connectivity index (χ0v) is 12.2. The van der Waals surface area contributed by atoms with Crippen molar-refractivity contribution in [2.24, 2.45) is 5.16 Å². The highest BCUT2D eigenvalue weighted by atomic mass is 32.1. The van der Waals surface area contributed by atoms with Crippen LogP contribution in [-0.2, 0) is 9.63 Å². The number of hydrogen-bond acceptors (Lipinski definition) is 4. The van der Waals surface area contributed by atoms with E-state index in [9.17, 15) is 4.79 Å². The van der Waals surface area contributed by atoms with Crippen LogP contribution in [0, 0.1) is 13.8 Å². The van der Waals surface area contributed by atoms with Crippen molar-refractivity contribution >= 4 is 29.1 Å². The molecule has 1 amide bonds. The lowest BCUT2D eigenvalue weighted by molar-refractivity contribution is -0.120. The molecule has 0 fully saturated rings. The van der Waals surface area contributed by atoms with Crippen molar-refractivity contribution in [1.82, 2.24) is 0 Å². The van der Waals surface area contributed by atoms with Gasteiger partial charge in [-0.05, 0) is 48.6 Å². The third kappa shape index (κ3) is 4.20. The van der Waals surface area contributed by atoms with Gasteiger partial charge < -0.3 is 10.2 Å². The summed E-state index contributed by atoms with van der Waals surface area (Å²) in [6.07, 6.45) is 1.59. The van der Waals surface area contributed by atoms with Gasteiger partial charge in [-0.15, -0.1) is 11.3 Å². The number of rotatable bonds is 5. The summed E-state index contributed by atoms with van der Waals surface area (Å²) < 4.78 is 0. The van der Waals surface area contributed by atoms with E-state index in [2.05, 4.69) is 10.5 Å². The Hall–Kier alpha value is -2.14. The SMILES string of the molecule is Cc1ccc(NC(=O)CO/N=C/c2cccs2)cc1C. The molecule has 1 aromatic heterocycles. The van der Waals surface area contributed by atoms with Crippen LogP contribution in [0.1, 0.15) is 16.0 Å². The van der Waals surface area contributed by atoms with Gasteiger partial charge in [0.05, 0.1) is 6.21 Å². The highest BCUT2D eigenvalue weighted by Crippen LogP contribution is 2.13. The number of oxime groups is 1. The number of anilines is 1. The molecule has 20 heavy (non-hydrogen) atoms. The molecule has 104 valence electrons. The Labute approximate surface area is 122 Å². The Kier molecular flexibility index (Phi) is 4.90. The van der Waals surface area contributed by atoms with Crippen molar-refractivity contribution in [2.45, 2.75) is 13.8 Å². The van der Waals surface area contributed by atoms with E-state index in [1.54, 1.807) is 17.6 Å². The molecule has 0 aliphatic heterocycles. The van der Waals surface area contributed by atoms with Crippen molar-refractivity contribution in [3.63, 3.8) is 0 Å². The van der Waals surface area contributed by atoms with E-state index in [4.69, 9.17) is 4.84 Å². The van der Waals surface area contributed by atoms with E-state index in [1.807, 2.05) is 49.6 Å². The number of carbonyl (C=O) groups is 1. The lowest BCUT2D eigenvalue weighted by Gasteiger charge is -2.06. The standard InChI is InChI=1S/C15H16N2O2S/c1-11-5-6-13(8-12(11)2)17-15(18)10-19-16-9-14-4-3-7-20-14/h3-9H,10H2,1-2H3,(H,17,18)/b16-9+. The number of amides is 1. The molecule has 0 bridgehead atoms. The van der Waals surface area contributed by atoms with Crippen molar-refractivity contribution in [3.8, 4) is 0 Å². The number of nitrogens with one attached hydrogen (secondary N) is 1. The summed E-state index contributed by atoms with van der Waals surface area (Å²) in [5, 5.41) is 8.47. The van der Waals surface area contributed by atoms with Gasteiger partial charge in [0.25, 0.3) is 5.91 Å². The molecule has 2 aromatic rings. The van der Waals surface area contributed by atoms with Crippen LogP contribution < -0.4 is 5.32 Å². The van der Waals surface area contributed by atoms with Crippen LogP contribution in [0.4, 0.5) is 5.69 Å². The van der Waals surface area contributed by atoms with Crippen LogP contribution in [0.5, 0.6) is 0 Å². The van der Waals surface area contributed by atoms with Crippen molar-refractivity contribution in [1.29, 1.82) is 0 Å². The smallest absolute Gasteiger partial charge is 0.265 e. The maximum atomic E-state index is 11.7. The Morgan fingerprint density at radius 3 is 2.90 bits per heavy atom. The number of hydrogen-bond donors (Lipinski definition) is 1. The first kappa shape index (κ1) is 14.3. The Balaban J connectivity index is 1.79. The van der Waals surface area contributed by atoms with E-state index in [0.717, 1.165) is 16.1 Å². The summed E-state index contributed by atoms with van der Waals surface area (Å²) in [5.41, 5.74) is 3.10. The van der Waals surface area contributed by atoms with Gasteiger partial charge in [-0.3, -0.25) is 4.79 Å². The number of benzene rings is 1. The van der Waals surface area contributed by atoms with E-state index in [1.165, 1.54) is 5.56 Å². The van der Waals surface area contributed by atoms with E-state index in [0.29, 0.717) is 0 Å². The first-order valence-electron chi connectivity index (χ1n) is 6.21. The van der Waals surface area contributed by atoms with Crippen molar-refractivity contribution < 1.29 is 9.63 Å². The van der Waals surface area contributed by atoms with Gasteiger partial charge in [0.2, 0.25) is 0 Å². The van der Waals surface area contributed by atoms with Gasteiger partial charge in [0.1, 0.15) is 0 Å². The van der Waals surface area contributed by atoms with Crippen LogP contribution in [-0.4, -0.2) is 18.7 Å². The van der Waals surface area contributed by atoms with Gasteiger partial charge in [-0.2, -0.15) is 0 Å². The van der Waals surface area contributed by atoms with Gasteiger partial charge in [-0.25, -0.2) is 0 Å². The van der Waals surface area contributed by atoms with Crippen LogP contribution >= 0.6 is 11.3 Å². The Bertz CT molecular complexity index is 606. The molecule has 1 N–H and O–H groups in total. The maximum Gasteiger partial charge on any atom is 0.265 e. The first-order chi connectivity index (χ1) is 9.65. The van der Waals surface area contributed by atoms with Gasteiger partial charge in [-0.1, -0.05) is 17.3 Å². The molecule has 2 rings (SSSR count). The maximum absolute atomic E-state index is 11.7. The third-order valence-electron chi connectivity index (χ3n) is 2.78. The highest BCUT2D eigenvalue weighted by Gasteiger charge is 2.03. The minimum Gasteiger partial charge on any atom is -0.386 e. The number of thiophene rings is 1. The molecule has 1 heterocycles. The first-order valence-corrected chi connectivity index (χ1v) is 7.09. The molecule has 0 aliphatic carbocycles. The molecular formula is C15H16N2O2S. The lowest BCUT2D eigenvalue weighted by Crippen LogP contribution is -2.17. The third-order valence-corrected chi connectivity index (χ3v) is 3.59. The molecule has 0 saturated carbocycles. The van der Waals surface area contributed by atoms with Crippen molar-refractivity contribution in [2.75, 3.05) is 11.9 Å². The Morgan fingerprint density at radius 1 is 1.35 bits per heavy atom. The fourth-order valence-electron chi connectivity index (χ4n) is 1.57. The topological polar surface area (TPSA) is 50.7 Å².